The second-order valence-corrected chi connectivity index (χ2v) is 11.2. The minimum atomic E-state index is -0.277. The Kier molecular flexibility index (Phi) is 7.49. The maximum Gasteiger partial charge on any atom is 0.182 e. The first-order chi connectivity index (χ1) is 16.7. The van der Waals surface area contributed by atoms with Crippen LogP contribution in [0.2, 0.25) is 0 Å². The number of amidine groups is 1. The third-order valence-corrected chi connectivity index (χ3v) is 7.44. The number of rotatable bonds is 6. The van der Waals surface area contributed by atoms with Crippen molar-refractivity contribution in [2.75, 3.05) is 31.6 Å². The number of aliphatic hydroxyl groups excluding tert-OH is 1. The summed E-state index contributed by atoms with van der Waals surface area (Å²) in [5.41, 5.74) is 5.12. The van der Waals surface area contributed by atoms with E-state index in [0.29, 0.717) is 36.7 Å². The number of benzene rings is 1. The van der Waals surface area contributed by atoms with Crippen molar-refractivity contribution in [1.82, 2.24) is 9.88 Å². The van der Waals surface area contributed by atoms with E-state index < -0.39 is 0 Å². The molecule has 0 unspecified atom stereocenters. The number of pyridine rings is 1. The summed E-state index contributed by atoms with van der Waals surface area (Å²) in [6.45, 7) is 8.50. The zero-order chi connectivity index (χ0) is 24.9. The van der Waals surface area contributed by atoms with Crippen molar-refractivity contribution < 1.29 is 14.6 Å². The monoisotopic (exact) mass is 556 g/mol. The second-order valence-electron chi connectivity index (χ2n) is 11.2. The molecule has 5 rings (SSSR count). The van der Waals surface area contributed by atoms with Crippen LogP contribution in [-0.4, -0.2) is 59.5 Å². The standard InChI is InChI=1S/C28H36N4O3.BrH/c1-28(2,3)21-13-19(14-23(26(21)35-4)31-11-9-20(33)10-12-31)24(34)16-32-15-18-7-8-22(17-5-6-17)30-25(18)27(32)29;/h7-8,13-14,17,20,29,33H,5-6,9-12,15-16H2,1-4H3;1H. The highest BCUT2D eigenvalue weighted by Gasteiger charge is 2.32. The van der Waals surface area contributed by atoms with Crippen LogP contribution >= 0.6 is 17.0 Å². The number of nitrogens with one attached hydrogen (secondary N) is 1. The van der Waals surface area contributed by atoms with Crippen LogP contribution < -0.4 is 9.64 Å². The molecule has 2 aliphatic heterocycles. The number of hydrogen-bond acceptors (Lipinski definition) is 6. The smallest absolute Gasteiger partial charge is 0.182 e. The van der Waals surface area contributed by atoms with Gasteiger partial charge in [0.05, 0.1) is 25.4 Å². The van der Waals surface area contributed by atoms with E-state index in [0.717, 1.165) is 47.0 Å². The van der Waals surface area contributed by atoms with Crippen molar-refractivity contribution in [2.45, 2.75) is 70.4 Å². The first-order valence-electron chi connectivity index (χ1n) is 12.7. The number of Topliss-reactive ketones (excluding diaryl/α,β-unsaturated/α-hetero) is 1. The third-order valence-electron chi connectivity index (χ3n) is 7.44. The van der Waals surface area contributed by atoms with Crippen LogP contribution in [0.25, 0.3) is 0 Å². The van der Waals surface area contributed by atoms with E-state index >= 15 is 0 Å². The Labute approximate surface area is 224 Å². The Balaban J connectivity index is 0.00000304. The zero-order valence-corrected chi connectivity index (χ0v) is 23.3. The van der Waals surface area contributed by atoms with Gasteiger partial charge in [-0.25, -0.2) is 4.98 Å². The highest BCUT2D eigenvalue weighted by molar-refractivity contribution is 8.93. The molecule has 0 amide bonds. The molecule has 0 bridgehead atoms. The van der Waals surface area contributed by atoms with Crippen LogP contribution in [0.3, 0.4) is 0 Å². The predicted octanol–water partition coefficient (Wildman–Crippen LogP) is 4.83. The molecule has 3 aliphatic rings. The Hall–Kier alpha value is -2.45. The molecule has 2 fully saturated rings. The fourth-order valence-corrected chi connectivity index (χ4v) is 5.16. The summed E-state index contributed by atoms with van der Waals surface area (Å²) in [6, 6.07) is 8.04. The molecule has 3 heterocycles. The SMILES string of the molecule is Br.COc1c(N2CCC(O)CC2)cc(C(=O)CN2Cc3ccc(C4CC4)nc3C2=N)cc1C(C)(C)C. The van der Waals surface area contributed by atoms with Gasteiger partial charge in [0.15, 0.2) is 5.78 Å². The van der Waals surface area contributed by atoms with Crippen molar-refractivity contribution in [3.8, 4) is 5.75 Å². The quantitative estimate of drug-likeness (QED) is 0.495. The number of piperidine rings is 1. The van der Waals surface area contributed by atoms with E-state index in [9.17, 15) is 9.90 Å². The largest absolute Gasteiger partial charge is 0.494 e. The van der Waals surface area contributed by atoms with Crippen LogP contribution in [0.4, 0.5) is 5.69 Å². The number of anilines is 1. The van der Waals surface area contributed by atoms with Gasteiger partial charge in [0.25, 0.3) is 0 Å². The maximum absolute atomic E-state index is 13.6. The number of ketones is 1. The van der Waals surface area contributed by atoms with Gasteiger partial charge in [0, 0.05) is 47.9 Å². The summed E-state index contributed by atoms with van der Waals surface area (Å²) in [5, 5.41) is 18.7. The highest BCUT2D eigenvalue weighted by atomic mass is 79.9. The lowest BCUT2D eigenvalue weighted by Crippen LogP contribution is -2.36. The van der Waals surface area contributed by atoms with E-state index in [1.807, 2.05) is 17.0 Å². The molecular weight excluding hydrogens is 520 g/mol. The molecule has 1 saturated heterocycles. The van der Waals surface area contributed by atoms with Crippen molar-refractivity contribution >= 4 is 34.3 Å². The summed E-state index contributed by atoms with van der Waals surface area (Å²) in [7, 11) is 1.68. The Morgan fingerprint density at radius 2 is 1.86 bits per heavy atom. The van der Waals surface area contributed by atoms with Gasteiger partial charge in [-0.15, -0.1) is 17.0 Å². The van der Waals surface area contributed by atoms with E-state index in [1.54, 1.807) is 7.11 Å². The van der Waals surface area contributed by atoms with Gasteiger partial charge in [-0.3, -0.25) is 10.2 Å². The topological polar surface area (TPSA) is 89.8 Å². The number of hydrogen-bond donors (Lipinski definition) is 2. The molecule has 2 aromatic rings. The number of aliphatic hydroxyl groups is 1. The summed E-state index contributed by atoms with van der Waals surface area (Å²) in [4.78, 5) is 22.4. The number of aromatic nitrogens is 1. The van der Waals surface area contributed by atoms with Crippen LogP contribution in [-0.2, 0) is 12.0 Å². The highest BCUT2D eigenvalue weighted by Crippen LogP contribution is 2.42. The minimum absolute atomic E-state index is 0. The van der Waals surface area contributed by atoms with Gasteiger partial charge in [-0.2, -0.15) is 0 Å². The number of carbonyl (C=O) groups excluding carboxylic acids is 1. The Morgan fingerprint density at radius 3 is 2.47 bits per heavy atom. The Bertz CT molecular complexity index is 1160. The molecule has 8 heteroatoms. The van der Waals surface area contributed by atoms with Gasteiger partial charge in [-0.1, -0.05) is 26.8 Å². The molecule has 1 saturated carbocycles. The molecule has 0 spiro atoms. The van der Waals surface area contributed by atoms with Crippen LogP contribution in [0.5, 0.6) is 5.75 Å². The number of ether oxygens (including phenoxy) is 1. The van der Waals surface area contributed by atoms with Crippen molar-refractivity contribution in [2.24, 2.45) is 0 Å². The van der Waals surface area contributed by atoms with Gasteiger partial charge in [0.1, 0.15) is 17.3 Å². The van der Waals surface area contributed by atoms with Crippen molar-refractivity contribution in [1.29, 1.82) is 5.41 Å². The molecule has 36 heavy (non-hydrogen) atoms. The zero-order valence-electron chi connectivity index (χ0n) is 21.6. The molecule has 1 aliphatic carbocycles. The third kappa shape index (κ3) is 5.16. The van der Waals surface area contributed by atoms with Crippen molar-refractivity contribution in [3.63, 3.8) is 0 Å². The molecule has 2 N–H and O–H groups in total. The fourth-order valence-electron chi connectivity index (χ4n) is 5.16. The van der Waals surface area contributed by atoms with Gasteiger partial charge < -0.3 is 19.6 Å². The lowest BCUT2D eigenvalue weighted by atomic mass is 9.84. The average Bonchev–Trinajstić information content (AvgIpc) is 3.63. The molecule has 1 aromatic heterocycles. The van der Waals surface area contributed by atoms with Crippen LogP contribution in [0.1, 0.15) is 85.2 Å². The van der Waals surface area contributed by atoms with E-state index in [2.05, 4.69) is 37.8 Å². The number of methoxy groups -OCH3 is 1. The molecular formula is C28H37BrN4O3. The number of fused-ring (bicyclic) bond motifs is 1. The summed E-state index contributed by atoms with van der Waals surface area (Å²) >= 11 is 0. The van der Waals surface area contributed by atoms with Crippen molar-refractivity contribution in [3.05, 3.63) is 52.3 Å². The van der Waals surface area contributed by atoms with Gasteiger partial charge in [-0.05, 0) is 49.3 Å². The molecule has 7 nitrogen and oxygen atoms in total. The van der Waals surface area contributed by atoms with E-state index in [-0.39, 0.29) is 40.8 Å². The first kappa shape index (κ1) is 26.6. The maximum atomic E-state index is 13.6. The number of halogens is 1. The van der Waals surface area contributed by atoms with E-state index in [1.165, 1.54) is 12.8 Å². The van der Waals surface area contributed by atoms with Crippen LogP contribution in [0.15, 0.2) is 24.3 Å². The first-order valence-corrected chi connectivity index (χ1v) is 12.7. The summed E-state index contributed by atoms with van der Waals surface area (Å²) in [6.07, 6.45) is 3.47. The normalized spacial score (nSPS) is 18.2. The molecule has 1 aromatic carbocycles. The predicted molar refractivity (Wildman–Crippen MR) is 147 cm³/mol. The minimum Gasteiger partial charge on any atom is -0.494 e. The van der Waals surface area contributed by atoms with E-state index in [4.69, 9.17) is 15.1 Å². The lowest BCUT2D eigenvalue weighted by Gasteiger charge is -2.35. The summed E-state index contributed by atoms with van der Waals surface area (Å²) in [5.74, 6) is 1.65. The molecule has 194 valence electrons. The van der Waals surface area contributed by atoms with Crippen LogP contribution in [0, 0.1) is 5.41 Å². The van der Waals surface area contributed by atoms with Gasteiger partial charge >= 0.3 is 0 Å². The van der Waals surface area contributed by atoms with Gasteiger partial charge in [0.2, 0.25) is 0 Å². The summed E-state index contributed by atoms with van der Waals surface area (Å²) < 4.78 is 5.88. The molecule has 0 radical (unpaired) electrons. The average molecular weight is 558 g/mol. The molecule has 0 atom stereocenters. The Morgan fingerprint density at radius 1 is 1.17 bits per heavy atom. The fraction of sp³-hybridized carbons (Fsp3) is 0.536. The number of nitrogens with zero attached hydrogens (tertiary/aromatic N) is 3. The number of carbonyl (C=O) groups is 1. The lowest BCUT2D eigenvalue weighted by molar-refractivity contribution is 0.0962. The second kappa shape index (κ2) is 10.1.